The number of carbonyl (C=O) groups excluding carboxylic acids is 1. The van der Waals surface area contributed by atoms with Gasteiger partial charge in [-0.3, -0.25) is 9.93 Å². The number of amides is 1. The molecule has 6 heteroatoms. The van der Waals surface area contributed by atoms with Crippen LogP contribution >= 0.6 is 12.8 Å². The largest absolute Gasteiger partial charge is 0.361 e. The zero-order chi connectivity index (χ0) is 21.5. The summed E-state index contributed by atoms with van der Waals surface area (Å²) < 4.78 is 14.1. The normalized spacial score (nSPS) is 15.5. The minimum atomic E-state index is -0.257. The van der Waals surface area contributed by atoms with Gasteiger partial charge in [-0.15, -0.1) is 12.8 Å². The van der Waals surface area contributed by atoms with Crippen LogP contribution < -0.4 is 5.14 Å². The number of likely N-dealkylation sites (tertiary alicyclic amines) is 1. The lowest BCUT2D eigenvalue weighted by atomic mass is 9.88. The Bertz CT molecular complexity index is 966. The first kappa shape index (κ1) is 22.4. The second-order valence-electron chi connectivity index (χ2n) is 7.98. The molecule has 1 amide bonds. The van der Waals surface area contributed by atoms with E-state index in [1.807, 2.05) is 47.5 Å². The van der Waals surface area contributed by atoms with Gasteiger partial charge in [0.2, 0.25) is 5.91 Å². The number of piperidine rings is 1. The van der Waals surface area contributed by atoms with E-state index in [9.17, 15) is 9.18 Å². The van der Waals surface area contributed by atoms with Crippen molar-refractivity contribution in [1.82, 2.24) is 9.88 Å². The average molecular weight is 428 g/mol. The van der Waals surface area contributed by atoms with E-state index in [0.717, 1.165) is 42.4 Å². The van der Waals surface area contributed by atoms with Gasteiger partial charge in [0.1, 0.15) is 5.82 Å². The summed E-state index contributed by atoms with van der Waals surface area (Å²) in [5.74, 6) is 0.402. The van der Waals surface area contributed by atoms with E-state index < -0.39 is 0 Å². The molecule has 0 bridgehead atoms. The van der Waals surface area contributed by atoms with Crippen molar-refractivity contribution >= 4 is 29.6 Å². The summed E-state index contributed by atoms with van der Waals surface area (Å²) >= 11 is 3.03. The molecule has 1 aliphatic rings. The SMILES string of the molecule is CC1CCN(C(=O)C(CCc2ccccc2F)c2cccc3[nH]ccc23)CC1.NS. The number of benzene rings is 2. The van der Waals surface area contributed by atoms with Crippen LogP contribution in [0.1, 0.15) is 43.2 Å². The van der Waals surface area contributed by atoms with Gasteiger partial charge in [0.15, 0.2) is 0 Å². The molecule has 1 fully saturated rings. The number of nitrogens with zero attached hydrogens (tertiary/aromatic N) is 1. The summed E-state index contributed by atoms with van der Waals surface area (Å²) in [6.07, 6.45) is 5.18. The van der Waals surface area contributed by atoms with Crippen molar-refractivity contribution in [1.29, 1.82) is 0 Å². The van der Waals surface area contributed by atoms with Gasteiger partial charge < -0.3 is 9.88 Å². The third-order valence-electron chi connectivity index (χ3n) is 6.06. The Morgan fingerprint density at radius 1 is 1.17 bits per heavy atom. The minimum absolute atomic E-state index is 0.178. The number of fused-ring (bicyclic) bond motifs is 1. The van der Waals surface area contributed by atoms with Crippen LogP contribution in [0.2, 0.25) is 0 Å². The molecule has 4 nitrogen and oxygen atoms in total. The van der Waals surface area contributed by atoms with Crippen LogP contribution in [0.4, 0.5) is 4.39 Å². The zero-order valence-electron chi connectivity index (χ0n) is 17.4. The number of halogens is 1. The van der Waals surface area contributed by atoms with Crippen molar-refractivity contribution < 1.29 is 9.18 Å². The molecule has 1 atom stereocenters. The predicted octanol–water partition coefficient (Wildman–Crippen LogP) is 5.07. The Balaban J connectivity index is 0.00000124. The second-order valence-corrected chi connectivity index (χ2v) is 7.98. The number of H-pyrrole nitrogens is 1. The number of thiol groups is 1. The Labute approximate surface area is 183 Å². The number of aromatic nitrogens is 1. The minimum Gasteiger partial charge on any atom is -0.361 e. The van der Waals surface area contributed by atoms with Gasteiger partial charge in [0.25, 0.3) is 0 Å². The lowest BCUT2D eigenvalue weighted by Gasteiger charge is -2.33. The van der Waals surface area contributed by atoms with E-state index in [-0.39, 0.29) is 17.6 Å². The predicted molar refractivity (Wildman–Crippen MR) is 124 cm³/mol. The molecule has 4 rings (SSSR count). The number of aryl methyl sites for hydroxylation is 1. The fraction of sp³-hybridized carbons (Fsp3) is 0.375. The highest BCUT2D eigenvalue weighted by Gasteiger charge is 2.29. The molecule has 1 unspecified atom stereocenters. The molecular weight excluding hydrogens is 397 g/mol. The lowest BCUT2D eigenvalue weighted by Crippen LogP contribution is -2.40. The maximum absolute atomic E-state index is 14.1. The van der Waals surface area contributed by atoms with Crippen molar-refractivity contribution in [2.75, 3.05) is 13.1 Å². The molecule has 1 aliphatic heterocycles. The topological polar surface area (TPSA) is 62.1 Å². The molecule has 3 N–H and O–H groups in total. The Kier molecular flexibility index (Phi) is 7.94. The van der Waals surface area contributed by atoms with Gasteiger partial charge in [-0.2, -0.15) is 0 Å². The summed E-state index contributed by atoms with van der Waals surface area (Å²) in [5.41, 5.74) is 2.75. The zero-order valence-corrected chi connectivity index (χ0v) is 18.2. The number of nitrogens with two attached hydrogens (primary N) is 1. The molecule has 160 valence electrons. The summed E-state index contributed by atoms with van der Waals surface area (Å²) in [4.78, 5) is 18.7. The van der Waals surface area contributed by atoms with E-state index in [0.29, 0.717) is 24.3 Å². The van der Waals surface area contributed by atoms with E-state index in [2.05, 4.69) is 29.9 Å². The first-order chi connectivity index (χ1) is 14.6. The third-order valence-corrected chi connectivity index (χ3v) is 6.06. The number of aromatic amines is 1. The van der Waals surface area contributed by atoms with Gasteiger partial charge in [-0.05, 0) is 60.9 Å². The first-order valence-electron chi connectivity index (χ1n) is 10.5. The third kappa shape index (κ3) is 5.05. The molecule has 0 spiro atoms. The van der Waals surface area contributed by atoms with E-state index in [1.54, 1.807) is 6.07 Å². The number of rotatable bonds is 5. The van der Waals surface area contributed by atoms with Crippen molar-refractivity contribution in [3.05, 3.63) is 71.7 Å². The molecular formula is C24H30FN3OS. The Morgan fingerprint density at radius 3 is 2.63 bits per heavy atom. The summed E-state index contributed by atoms with van der Waals surface area (Å²) in [5, 5.41) is 5.28. The summed E-state index contributed by atoms with van der Waals surface area (Å²) in [7, 11) is 0. The van der Waals surface area contributed by atoms with Gasteiger partial charge in [0, 0.05) is 30.2 Å². The van der Waals surface area contributed by atoms with Crippen molar-refractivity contribution in [3.8, 4) is 0 Å². The molecule has 30 heavy (non-hydrogen) atoms. The quantitative estimate of drug-likeness (QED) is 0.498. The highest BCUT2D eigenvalue weighted by atomic mass is 32.1. The number of hydrogen-bond acceptors (Lipinski definition) is 3. The smallest absolute Gasteiger partial charge is 0.230 e. The van der Waals surface area contributed by atoms with Crippen molar-refractivity contribution in [2.45, 2.75) is 38.5 Å². The highest BCUT2D eigenvalue weighted by Crippen LogP contribution is 2.32. The van der Waals surface area contributed by atoms with Gasteiger partial charge in [0.05, 0.1) is 5.92 Å². The highest BCUT2D eigenvalue weighted by molar-refractivity contribution is 7.77. The summed E-state index contributed by atoms with van der Waals surface area (Å²) in [6.45, 7) is 3.89. The molecule has 2 aromatic carbocycles. The standard InChI is InChI=1S/C24H27FN2O.H3NS/c1-17-12-15-27(16-13-17)24(28)21(10-9-18-5-2-3-7-22(18)25)19-6-4-8-23-20(19)11-14-26-23;1-2/h2-8,11,14,17,21,26H,9-10,12-13,15-16H2,1H3;2H,1H2. The number of carbonyl (C=O) groups is 1. The lowest BCUT2D eigenvalue weighted by molar-refractivity contribution is -0.134. The molecule has 3 aromatic rings. The van der Waals surface area contributed by atoms with Crippen LogP contribution in [-0.4, -0.2) is 28.9 Å². The van der Waals surface area contributed by atoms with Crippen LogP contribution in [0, 0.1) is 11.7 Å². The second kappa shape index (κ2) is 10.6. The van der Waals surface area contributed by atoms with Crippen LogP contribution in [-0.2, 0) is 11.2 Å². The van der Waals surface area contributed by atoms with E-state index in [1.165, 1.54) is 6.07 Å². The van der Waals surface area contributed by atoms with Crippen LogP contribution in [0.15, 0.2) is 54.7 Å². The molecule has 1 aromatic heterocycles. The van der Waals surface area contributed by atoms with Gasteiger partial charge in [-0.1, -0.05) is 37.3 Å². The monoisotopic (exact) mass is 427 g/mol. The Morgan fingerprint density at radius 2 is 1.90 bits per heavy atom. The van der Waals surface area contributed by atoms with E-state index in [4.69, 9.17) is 0 Å². The maximum atomic E-state index is 14.1. The van der Waals surface area contributed by atoms with Crippen LogP contribution in [0.3, 0.4) is 0 Å². The summed E-state index contributed by atoms with van der Waals surface area (Å²) in [6, 6.07) is 15.0. The molecule has 2 heterocycles. The molecule has 0 aliphatic carbocycles. The molecule has 0 radical (unpaired) electrons. The maximum Gasteiger partial charge on any atom is 0.230 e. The molecule has 1 saturated heterocycles. The average Bonchev–Trinajstić information content (AvgIpc) is 3.26. The van der Waals surface area contributed by atoms with E-state index >= 15 is 0 Å². The number of nitrogens with one attached hydrogen (secondary N) is 1. The van der Waals surface area contributed by atoms with Crippen LogP contribution in [0.5, 0.6) is 0 Å². The van der Waals surface area contributed by atoms with Crippen molar-refractivity contribution in [3.63, 3.8) is 0 Å². The first-order valence-corrected chi connectivity index (χ1v) is 11.0. The molecule has 0 saturated carbocycles. The fourth-order valence-electron chi connectivity index (χ4n) is 4.28. The van der Waals surface area contributed by atoms with Gasteiger partial charge >= 0.3 is 0 Å². The fourth-order valence-corrected chi connectivity index (χ4v) is 4.28. The Hall–Kier alpha value is -2.31. The number of hydrogen-bond donors (Lipinski definition) is 3. The van der Waals surface area contributed by atoms with Gasteiger partial charge in [-0.25, -0.2) is 4.39 Å². The van der Waals surface area contributed by atoms with Crippen LogP contribution in [0.25, 0.3) is 10.9 Å². The van der Waals surface area contributed by atoms with Crippen molar-refractivity contribution in [2.24, 2.45) is 11.1 Å².